The Kier molecular flexibility index (Phi) is 3.55. The molecular weight excluding hydrogens is 290 g/mol. The first kappa shape index (κ1) is 11.9. The molecule has 14 heavy (non-hydrogen) atoms. The minimum absolute atomic E-state index is 0.0123. The molecule has 78 valence electrons. The molecule has 0 radical (unpaired) electrons. The Hall–Kier alpha value is -0.130. The summed E-state index contributed by atoms with van der Waals surface area (Å²) in [5, 5.41) is 0.347. The van der Waals surface area contributed by atoms with Gasteiger partial charge in [0.2, 0.25) is 0 Å². The fourth-order valence-corrected chi connectivity index (χ4v) is 2.42. The molecule has 0 N–H and O–H groups in total. The molecule has 0 atom stereocenters. The lowest BCUT2D eigenvalue weighted by Crippen LogP contribution is -2.04. The van der Waals surface area contributed by atoms with Crippen LogP contribution in [0.2, 0.25) is 5.15 Å². The average Bonchev–Trinajstić information content (AvgIpc) is 1.97. The highest BCUT2D eigenvalue weighted by molar-refractivity contribution is 9.10. The van der Waals surface area contributed by atoms with E-state index in [9.17, 15) is 8.42 Å². The molecule has 0 aliphatic carbocycles. The molecule has 0 aromatic carbocycles. The van der Waals surface area contributed by atoms with Crippen LogP contribution in [0.1, 0.15) is 11.3 Å². The van der Waals surface area contributed by atoms with Crippen LogP contribution in [0.15, 0.2) is 10.5 Å². The van der Waals surface area contributed by atoms with Gasteiger partial charge in [0.05, 0.1) is 10.2 Å². The van der Waals surface area contributed by atoms with Gasteiger partial charge in [-0.2, -0.15) is 0 Å². The second-order valence-corrected chi connectivity index (χ2v) is 6.43. The summed E-state index contributed by atoms with van der Waals surface area (Å²) in [7, 11) is -3.03. The third-order valence-corrected chi connectivity index (χ3v) is 3.60. The van der Waals surface area contributed by atoms with Gasteiger partial charge in [-0.3, -0.25) is 0 Å². The highest BCUT2D eigenvalue weighted by Gasteiger charge is 2.10. The summed E-state index contributed by atoms with van der Waals surface area (Å²) < 4.78 is 22.8. The first-order valence-corrected chi connectivity index (χ1v) is 7.02. The van der Waals surface area contributed by atoms with Crippen LogP contribution in [0.5, 0.6) is 0 Å². The Morgan fingerprint density at radius 2 is 2.14 bits per heavy atom. The van der Waals surface area contributed by atoms with Crippen LogP contribution >= 0.6 is 27.5 Å². The van der Waals surface area contributed by atoms with Gasteiger partial charge in [0, 0.05) is 11.9 Å². The van der Waals surface area contributed by atoms with E-state index < -0.39 is 9.84 Å². The first-order chi connectivity index (χ1) is 6.29. The lowest BCUT2D eigenvalue weighted by atomic mass is 10.2. The molecule has 3 nitrogen and oxygen atoms in total. The Labute approximate surface area is 96.5 Å². The van der Waals surface area contributed by atoms with Crippen LogP contribution in [0.3, 0.4) is 0 Å². The highest BCUT2D eigenvalue weighted by atomic mass is 79.9. The molecular formula is C8H9BrClNO2S. The molecule has 0 saturated carbocycles. The normalized spacial score (nSPS) is 11.7. The average molecular weight is 299 g/mol. The molecule has 1 aromatic rings. The summed E-state index contributed by atoms with van der Waals surface area (Å²) in [6.45, 7) is 1.73. The number of nitrogens with zero attached hydrogens (tertiary/aromatic N) is 1. The van der Waals surface area contributed by atoms with E-state index in [4.69, 9.17) is 11.6 Å². The van der Waals surface area contributed by atoms with E-state index >= 15 is 0 Å². The monoisotopic (exact) mass is 297 g/mol. The number of aryl methyl sites for hydroxylation is 1. The van der Waals surface area contributed by atoms with Gasteiger partial charge >= 0.3 is 0 Å². The summed E-state index contributed by atoms with van der Waals surface area (Å²) in [5.74, 6) is -0.0123. The molecule has 1 heterocycles. The van der Waals surface area contributed by atoms with E-state index in [-0.39, 0.29) is 5.75 Å². The van der Waals surface area contributed by atoms with Gasteiger partial charge in [0.25, 0.3) is 0 Å². The van der Waals surface area contributed by atoms with Crippen molar-refractivity contribution in [3.8, 4) is 0 Å². The predicted octanol–water partition coefficient (Wildman–Crippen LogP) is 2.35. The predicted molar refractivity (Wildman–Crippen MR) is 60.2 cm³/mol. The second-order valence-electron chi connectivity index (χ2n) is 3.08. The SMILES string of the molecule is Cc1nc(Cl)c(Br)cc1CS(C)(=O)=O. The number of aromatic nitrogens is 1. The fraction of sp³-hybridized carbons (Fsp3) is 0.375. The second kappa shape index (κ2) is 4.16. The molecule has 0 amide bonds. The van der Waals surface area contributed by atoms with Crippen molar-refractivity contribution in [2.75, 3.05) is 6.26 Å². The zero-order valence-electron chi connectivity index (χ0n) is 7.71. The molecule has 0 saturated heterocycles. The summed E-state index contributed by atoms with van der Waals surface area (Å²) in [6, 6.07) is 1.69. The van der Waals surface area contributed by atoms with Crippen molar-refractivity contribution >= 4 is 37.4 Å². The number of pyridine rings is 1. The summed E-state index contributed by atoms with van der Waals surface area (Å²) in [5.41, 5.74) is 1.31. The lowest BCUT2D eigenvalue weighted by molar-refractivity contribution is 0.601. The van der Waals surface area contributed by atoms with Crippen LogP contribution in [-0.4, -0.2) is 19.7 Å². The Balaban J connectivity index is 3.17. The number of hydrogen-bond acceptors (Lipinski definition) is 3. The quantitative estimate of drug-likeness (QED) is 0.787. The van der Waals surface area contributed by atoms with E-state index in [1.807, 2.05) is 0 Å². The van der Waals surface area contributed by atoms with Crippen LogP contribution in [0, 0.1) is 6.92 Å². The molecule has 0 aliphatic heterocycles. The highest BCUT2D eigenvalue weighted by Crippen LogP contribution is 2.23. The minimum atomic E-state index is -3.03. The maximum atomic E-state index is 11.1. The Morgan fingerprint density at radius 3 is 2.64 bits per heavy atom. The maximum Gasteiger partial charge on any atom is 0.151 e. The van der Waals surface area contributed by atoms with Crippen molar-refractivity contribution in [2.45, 2.75) is 12.7 Å². The number of rotatable bonds is 2. The van der Waals surface area contributed by atoms with Crippen molar-refractivity contribution in [3.05, 3.63) is 26.9 Å². The van der Waals surface area contributed by atoms with Crippen LogP contribution < -0.4 is 0 Å². The summed E-state index contributed by atoms with van der Waals surface area (Å²) in [6.07, 6.45) is 1.19. The lowest BCUT2D eigenvalue weighted by Gasteiger charge is -2.05. The van der Waals surface area contributed by atoms with Crippen molar-refractivity contribution in [2.24, 2.45) is 0 Å². The third kappa shape index (κ3) is 3.22. The molecule has 1 aromatic heterocycles. The Morgan fingerprint density at radius 1 is 1.57 bits per heavy atom. The van der Waals surface area contributed by atoms with Crippen LogP contribution in [0.25, 0.3) is 0 Å². The zero-order valence-corrected chi connectivity index (χ0v) is 10.9. The third-order valence-electron chi connectivity index (χ3n) is 1.65. The molecule has 0 aliphatic rings. The molecule has 0 unspecified atom stereocenters. The smallest absolute Gasteiger partial charge is 0.151 e. The van der Waals surface area contributed by atoms with Crippen LogP contribution in [-0.2, 0) is 15.6 Å². The molecule has 0 spiro atoms. The number of sulfone groups is 1. The number of hydrogen-bond donors (Lipinski definition) is 0. The van der Waals surface area contributed by atoms with Gasteiger partial charge in [-0.15, -0.1) is 0 Å². The molecule has 6 heteroatoms. The molecule has 1 rings (SSSR count). The largest absolute Gasteiger partial charge is 0.240 e. The first-order valence-electron chi connectivity index (χ1n) is 3.79. The van der Waals surface area contributed by atoms with Gasteiger partial charge in [-0.1, -0.05) is 11.6 Å². The number of halogens is 2. The van der Waals surface area contributed by atoms with Gasteiger partial charge in [-0.05, 0) is 34.5 Å². The van der Waals surface area contributed by atoms with Gasteiger partial charge in [-0.25, -0.2) is 13.4 Å². The van der Waals surface area contributed by atoms with E-state index in [1.165, 1.54) is 6.26 Å². The van der Waals surface area contributed by atoms with E-state index in [1.54, 1.807) is 13.0 Å². The van der Waals surface area contributed by atoms with E-state index in [0.29, 0.717) is 20.9 Å². The van der Waals surface area contributed by atoms with E-state index in [2.05, 4.69) is 20.9 Å². The van der Waals surface area contributed by atoms with Crippen molar-refractivity contribution in [1.29, 1.82) is 0 Å². The van der Waals surface area contributed by atoms with Gasteiger partial charge in [0.15, 0.2) is 9.84 Å². The maximum absolute atomic E-state index is 11.1. The summed E-state index contributed by atoms with van der Waals surface area (Å²) >= 11 is 8.95. The van der Waals surface area contributed by atoms with Gasteiger partial charge < -0.3 is 0 Å². The topological polar surface area (TPSA) is 47.0 Å². The van der Waals surface area contributed by atoms with Crippen LogP contribution in [0.4, 0.5) is 0 Å². The minimum Gasteiger partial charge on any atom is -0.240 e. The zero-order chi connectivity index (χ0) is 10.9. The molecule has 0 fully saturated rings. The van der Waals surface area contributed by atoms with Crippen molar-refractivity contribution < 1.29 is 8.42 Å². The van der Waals surface area contributed by atoms with E-state index in [0.717, 1.165) is 0 Å². The van der Waals surface area contributed by atoms with Crippen molar-refractivity contribution in [3.63, 3.8) is 0 Å². The van der Waals surface area contributed by atoms with Gasteiger partial charge in [0.1, 0.15) is 5.15 Å². The van der Waals surface area contributed by atoms with Crippen molar-refractivity contribution in [1.82, 2.24) is 4.98 Å². The molecule has 0 bridgehead atoms. The summed E-state index contributed by atoms with van der Waals surface area (Å²) in [4.78, 5) is 4.01. The Bertz CT molecular complexity index is 459. The fourth-order valence-electron chi connectivity index (χ4n) is 1.02. The standard InChI is InChI=1S/C8H9BrClNO2S/c1-5-6(4-14(2,12)13)3-7(9)8(10)11-5/h3H,4H2,1-2H3.